The maximum atomic E-state index is 5.43. The molecule has 2 heterocycles. The first-order valence-electron chi connectivity index (χ1n) is 3.45. The van der Waals surface area contributed by atoms with E-state index in [0.29, 0.717) is 11.8 Å². The van der Waals surface area contributed by atoms with Gasteiger partial charge in [-0.15, -0.1) is 5.10 Å². The van der Waals surface area contributed by atoms with Gasteiger partial charge in [0.2, 0.25) is 5.95 Å². The van der Waals surface area contributed by atoms with Crippen LogP contribution in [0, 0.1) is 0 Å². The van der Waals surface area contributed by atoms with Gasteiger partial charge in [0.15, 0.2) is 0 Å². The maximum Gasteiger partial charge on any atom is 0.250 e. The van der Waals surface area contributed by atoms with Crippen LogP contribution in [0.1, 0.15) is 0 Å². The molecule has 0 aliphatic carbocycles. The molecule has 12 heavy (non-hydrogen) atoms. The molecule has 0 aliphatic heterocycles. The molecule has 0 spiro atoms. The highest BCUT2D eigenvalue weighted by atomic mass is 15.4. The van der Waals surface area contributed by atoms with Crippen LogP contribution in [0.5, 0.6) is 0 Å². The van der Waals surface area contributed by atoms with Crippen molar-refractivity contribution in [1.29, 1.82) is 0 Å². The highest BCUT2D eigenvalue weighted by Gasteiger charge is 1.98. The average Bonchev–Trinajstić information content (AvgIpc) is 2.54. The minimum atomic E-state index is 0.461. The fourth-order valence-corrected chi connectivity index (χ4v) is 0.859. The highest BCUT2D eigenvalue weighted by Crippen LogP contribution is 2.00. The summed E-state index contributed by atoms with van der Waals surface area (Å²) < 4.78 is 1.52. The lowest BCUT2D eigenvalue weighted by atomic mass is 10.6. The Hall–Kier alpha value is -1.91. The molecule has 0 saturated heterocycles. The Kier molecular flexibility index (Phi) is 1.48. The normalized spacial score (nSPS) is 10.0. The summed E-state index contributed by atoms with van der Waals surface area (Å²) in [6.07, 6.45) is 5.02. The van der Waals surface area contributed by atoms with Crippen LogP contribution in [0.25, 0.3) is 5.95 Å². The first kappa shape index (κ1) is 6.78. The predicted molar refractivity (Wildman–Crippen MR) is 43.6 cm³/mol. The van der Waals surface area contributed by atoms with Crippen LogP contribution in [-0.2, 0) is 0 Å². The molecule has 5 heteroatoms. The summed E-state index contributed by atoms with van der Waals surface area (Å²) in [5, 5.41) is 3.95. The Morgan fingerprint density at radius 1 is 1.25 bits per heavy atom. The van der Waals surface area contributed by atoms with E-state index in [1.807, 2.05) is 0 Å². The quantitative estimate of drug-likeness (QED) is 0.650. The van der Waals surface area contributed by atoms with Gasteiger partial charge < -0.3 is 5.73 Å². The Balaban J connectivity index is 2.45. The highest BCUT2D eigenvalue weighted by molar-refractivity contribution is 5.26. The zero-order chi connectivity index (χ0) is 8.39. The van der Waals surface area contributed by atoms with Gasteiger partial charge >= 0.3 is 0 Å². The van der Waals surface area contributed by atoms with Gasteiger partial charge in [-0.1, -0.05) is 0 Å². The average molecular weight is 161 g/mol. The molecule has 0 atom stereocenters. The van der Waals surface area contributed by atoms with Crippen molar-refractivity contribution in [3.63, 3.8) is 0 Å². The third-order valence-corrected chi connectivity index (χ3v) is 1.37. The van der Waals surface area contributed by atoms with Crippen molar-refractivity contribution in [2.24, 2.45) is 0 Å². The first-order chi connectivity index (χ1) is 5.86. The van der Waals surface area contributed by atoms with Crippen LogP contribution in [0.3, 0.4) is 0 Å². The van der Waals surface area contributed by atoms with Crippen molar-refractivity contribution in [2.45, 2.75) is 0 Å². The summed E-state index contributed by atoms with van der Waals surface area (Å²) in [5.74, 6) is 0.983. The van der Waals surface area contributed by atoms with Gasteiger partial charge in [-0.05, 0) is 6.07 Å². The van der Waals surface area contributed by atoms with E-state index in [4.69, 9.17) is 5.73 Å². The summed E-state index contributed by atoms with van der Waals surface area (Å²) in [6.45, 7) is 0. The lowest BCUT2D eigenvalue weighted by Gasteiger charge is -1.95. The molecule has 0 unspecified atom stereocenters. The summed E-state index contributed by atoms with van der Waals surface area (Å²) in [5.41, 5.74) is 5.43. The molecule has 2 aromatic heterocycles. The first-order valence-corrected chi connectivity index (χ1v) is 3.45. The predicted octanol–water partition coefficient (Wildman–Crippen LogP) is 0.244. The molecular formula is C7H7N5. The van der Waals surface area contributed by atoms with E-state index in [1.165, 1.54) is 4.68 Å². The SMILES string of the molecule is Nc1ccn(-c2ncccn2)n1. The van der Waals surface area contributed by atoms with E-state index in [0.717, 1.165) is 0 Å². The maximum absolute atomic E-state index is 5.43. The van der Waals surface area contributed by atoms with Gasteiger partial charge in [0.25, 0.3) is 0 Å². The van der Waals surface area contributed by atoms with Gasteiger partial charge in [0.1, 0.15) is 5.82 Å². The molecular weight excluding hydrogens is 154 g/mol. The zero-order valence-electron chi connectivity index (χ0n) is 6.25. The molecule has 2 aromatic rings. The smallest absolute Gasteiger partial charge is 0.250 e. The van der Waals surface area contributed by atoms with Gasteiger partial charge in [-0.3, -0.25) is 0 Å². The van der Waals surface area contributed by atoms with E-state index in [9.17, 15) is 0 Å². The summed E-state index contributed by atoms with van der Waals surface area (Å²) in [7, 11) is 0. The summed E-state index contributed by atoms with van der Waals surface area (Å²) in [6, 6.07) is 3.44. The summed E-state index contributed by atoms with van der Waals surface area (Å²) >= 11 is 0. The van der Waals surface area contributed by atoms with E-state index in [1.54, 1.807) is 30.7 Å². The van der Waals surface area contributed by atoms with Crippen LogP contribution in [-0.4, -0.2) is 19.7 Å². The minimum absolute atomic E-state index is 0.461. The standard InChI is InChI=1S/C7H7N5/c8-6-2-5-12(11-6)7-9-3-1-4-10-7/h1-5H,(H2,8,11). The minimum Gasteiger partial charge on any atom is -0.382 e. The number of aromatic nitrogens is 4. The van der Waals surface area contributed by atoms with Gasteiger partial charge in [0.05, 0.1) is 0 Å². The van der Waals surface area contributed by atoms with Crippen LogP contribution in [0.4, 0.5) is 5.82 Å². The van der Waals surface area contributed by atoms with E-state index >= 15 is 0 Å². The van der Waals surface area contributed by atoms with Crippen molar-refractivity contribution >= 4 is 5.82 Å². The number of hydrogen-bond acceptors (Lipinski definition) is 4. The van der Waals surface area contributed by atoms with Gasteiger partial charge in [0, 0.05) is 24.7 Å². The monoisotopic (exact) mass is 161 g/mol. The van der Waals surface area contributed by atoms with Crippen LogP contribution in [0.15, 0.2) is 30.7 Å². The largest absolute Gasteiger partial charge is 0.382 e. The second-order valence-electron chi connectivity index (χ2n) is 2.23. The van der Waals surface area contributed by atoms with Crippen molar-refractivity contribution in [1.82, 2.24) is 19.7 Å². The van der Waals surface area contributed by atoms with Crippen molar-refractivity contribution < 1.29 is 0 Å². The van der Waals surface area contributed by atoms with Crippen LogP contribution in [0.2, 0.25) is 0 Å². The second-order valence-corrected chi connectivity index (χ2v) is 2.23. The van der Waals surface area contributed by atoms with E-state index < -0.39 is 0 Å². The summed E-state index contributed by atoms with van der Waals surface area (Å²) in [4.78, 5) is 7.99. The zero-order valence-corrected chi connectivity index (χ0v) is 6.25. The number of anilines is 1. The molecule has 2 N–H and O–H groups in total. The van der Waals surface area contributed by atoms with Crippen molar-refractivity contribution in [3.05, 3.63) is 30.7 Å². The van der Waals surface area contributed by atoms with Gasteiger partial charge in [-0.2, -0.15) is 0 Å². The second kappa shape index (κ2) is 2.61. The molecule has 0 aliphatic rings. The van der Waals surface area contributed by atoms with Crippen LogP contribution < -0.4 is 5.73 Å². The molecule has 5 nitrogen and oxygen atoms in total. The molecule has 0 aromatic carbocycles. The Labute approximate surface area is 68.9 Å². The number of hydrogen-bond donors (Lipinski definition) is 1. The number of nitrogens with zero attached hydrogens (tertiary/aromatic N) is 4. The number of rotatable bonds is 1. The lowest BCUT2D eigenvalue weighted by molar-refractivity contribution is 0.812. The van der Waals surface area contributed by atoms with Crippen LogP contribution >= 0.6 is 0 Å². The third-order valence-electron chi connectivity index (χ3n) is 1.37. The van der Waals surface area contributed by atoms with Crippen molar-refractivity contribution in [3.8, 4) is 5.95 Å². The number of nitrogen functional groups attached to an aromatic ring is 1. The fraction of sp³-hybridized carbons (Fsp3) is 0. The molecule has 0 bridgehead atoms. The molecule has 0 fully saturated rings. The molecule has 0 radical (unpaired) electrons. The number of nitrogens with two attached hydrogens (primary N) is 1. The third kappa shape index (κ3) is 1.12. The van der Waals surface area contributed by atoms with E-state index in [2.05, 4.69) is 15.1 Å². The van der Waals surface area contributed by atoms with Gasteiger partial charge in [-0.25, -0.2) is 14.6 Å². The van der Waals surface area contributed by atoms with Crippen molar-refractivity contribution in [2.75, 3.05) is 5.73 Å². The fourth-order valence-electron chi connectivity index (χ4n) is 0.859. The Bertz CT molecular complexity index is 366. The molecule has 0 saturated carbocycles. The van der Waals surface area contributed by atoms with E-state index in [-0.39, 0.29) is 0 Å². The Morgan fingerprint density at radius 2 is 2.00 bits per heavy atom. The topological polar surface area (TPSA) is 69.6 Å². The molecule has 2 rings (SSSR count). The molecule has 0 amide bonds. The lowest BCUT2D eigenvalue weighted by Crippen LogP contribution is -2.00. The molecule has 60 valence electrons. The Morgan fingerprint density at radius 3 is 2.58 bits per heavy atom.